The summed E-state index contributed by atoms with van der Waals surface area (Å²) in [5.41, 5.74) is 0.430. The molecule has 1 aliphatic heterocycles. The first-order valence-corrected chi connectivity index (χ1v) is 8.35. The number of rotatable bonds is 5. The van der Waals surface area contributed by atoms with Gasteiger partial charge in [-0.25, -0.2) is 4.79 Å². The SMILES string of the molecule is CCOC(=O)c1c[nH]c(=O)c2c1OC(=O)C[C@H]2c1ccc(OC)c(OC)c1. The zero-order valence-electron chi connectivity index (χ0n) is 15.2. The molecule has 0 spiro atoms. The predicted molar refractivity (Wildman–Crippen MR) is 94.7 cm³/mol. The number of methoxy groups -OCH3 is 2. The molecule has 1 aromatic carbocycles. The summed E-state index contributed by atoms with van der Waals surface area (Å²) in [6, 6.07) is 5.13. The van der Waals surface area contributed by atoms with Crippen LogP contribution in [0.4, 0.5) is 0 Å². The maximum absolute atomic E-state index is 12.5. The molecule has 0 saturated carbocycles. The first-order chi connectivity index (χ1) is 13.0. The Morgan fingerprint density at radius 3 is 2.63 bits per heavy atom. The van der Waals surface area contributed by atoms with Gasteiger partial charge in [0.05, 0.1) is 32.8 Å². The van der Waals surface area contributed by atoms with Gasteiger partial charge in [0, 0.05) is 12.1 Å². The highest BCUT2D eigenvalue weighted by molar-refractivity contribution is 5.94. The van der Waals surface area contributed by atoms with E-state index >= 15 is 0 Å². The maximum atomic E-state index is 12.5. The third-order valence-corrected chi connectivity index (χ3v) is 4.32. The molecule has 0 amide bonds. The molecule has 0 bridgehead atoms. The van der Waals surface area contributed by atoms with Crippen LogP contribution >= 0.6 is 0 Å². The molecule has 1 aromatic heterocycles. The number of ether oxygens (including phenoxy) is 4. The second kappa shape index (κ2) is 7.53. The smallest absolute Gasteiger partial charge is 0.343 e. The van der Waals surface area contributed by atoms with Gasteiger partial charge in [-0.15, -0.1) is 0 Å². The van der Waals surface area contributed by atoms with Gasteiger partial charge in [-0.05, 0) is 24.6 Å². The number of aromatic amines is 1. The molecule has 2 heterocycles. The van der Waals surface area contributed by atoms with Crippen LogP contribution in [0.2, 0.25) is 0 Å². The molecule has 0 saturated heterocycles. The molecule has 2 aromatic rings. The number of carbonyl (C=O) groups is 2. The fraction of sp³-hybridized carbons (Fsp3) is 0.316. The average molecular weight is 373 g/mol. The molecule has 3 rings (SSSR count). The van der Waals surface area contributed by atoms with Gasteiger partial charge in [-0.2, -0.15) is 0 Å². The Hall–Kier alpha value is -3.29. The number of pyridine rings is 1. The van der Waals surface area contributed by atoms with Crippen molar-refractivity contribution >= 4 is 11.9 Å². The van der Waals surface area contributed by atoms with Crippen LogP contribution in [-0.2, 0) is 9.53 Å². The van der Waals surface area contributed by atoms with Crippen LogP contribution in [0.15, 0.2) is 29.2 Å². The van der Waals surface area contributed by atoms with Crippen LogP contribution < -0.4 is 19.8 Å². The van der Waals surface area contributed by atoms with Crippen molar-refractivity contribution in [3.8, 4) is 17.2 Å². The molecule has 8 nitrogen and oxygen atoms in total. The highest BCUT2D eigenvalue weighted by Crippen LogP contribution is 2.40. The summed E-state index contributed by atoms with van der Waals surface area (Å²) in [7, 11) is 3.01. The van der Waals surface area contributed by atoms with Crippen molar-refractivity contribution in [3.63, 3.8) is 0 Å². The lowest BCUT2D eigenvalue weighted by atomic mass is 9.86. The minimum atomic E-state index is -0.675. The van der Waals surface area contributed by atoms with Crippen LogP contribution in [-0.4, -0.2) is 37.7 Å². The molecular weight excluding hydrogens is 354 g/mol. The number of carbonyl (C=O) groups excluding carboxylic acids is 2. The topological polar surface area (TPSA) is 104 Å². The van der Waals surface area contributed by atoms with E-state index in [4.69, 9.17) is 18.9 Å². The Morgan fingerprint density at radius 1 is 1.22 bits per heavy atom. The van der Waals surface area contributed by atoms with Crippen LogP contribution in [0, 0.1) is 0 Å². The average Bonchev–Trinajstić information content (AvgIpc) is 2.67. The summed E-state index contributed by atoms with van der Waals surface area (Å²) < 4.78 is 20.8. The molecule has 1 atom stereocenters. The monoisotopic (exact) mass is 373 g/mol. The van der Waals surface area contributed by atoms with Crippen molar-refractivity contribution in [1.29, 1.82) is 0 Å². The minimum Gasteiger partial charge on any atom is -0.493 e. The molecule has 1 aliphatic rings. The van der Waals surface area contributed by atoms with E-state index in [9.17, 15) is 14.4 Å². The molecule has 0 aliphatic carbocycles. The number of benzene rings is 1. The zero-order valence-corrected chi connectivity index (χ0v) is 15.2. The summed E-state index contributed by atoms with van der Waals surface area (Å²) in [6.07, 6.45) is 1.15. The standard InChI is InChI=1S/C19H19NO7/c1-4-26-19(23)12-9-20-18(22)16-11(8-15(21)27-17(12)16)10-5-6-13(24-2)14(7-10)25-3/h5-7,9,11H,4,8H2,1-3H3,(H,20,22)/t11-/m0/s1. The van der Waals surface area contributed by atoms with Crippen molar-refractivity contribution in [3.05, 3.63) is 51.4 Å². The van der Waals surface area contributed by atoms with E-state index in [1.165, 1.54) is 20.4 Å². The predicted octanol–water partition coefficient (Wildman–Crippen LogP) is 2.01. The number of esters is 2. The Balaban J connectivity index is 2.16. The molecule has 1 N–H and O–H groups in total. The third-order valence-electron chi connectivity index (χ3n) is 4.32. The van der Waals surface area contributed by atoms with Crippen molar-refractivity contribution < 1.29 is 28.5 Å². The van der Waals surface area contributed by atoms with Gasteiger partial charge in [0.1, 0.15) is 5.56 Å². The Kier molecular flexibility index (Phi) is 5.16. The number of fused-ring (bicyclic) bond motifs is 1. The van der Waals surface area contributed by atoms with E-state index in [2.05, 4.69) is 4.98 Å². The fourth-order valence-corrected chi connectivity index (χ4v) is 3.09. The number of hydrogen-bond donors (Lipinski definition) is 1. The molecule has 142 valence electrons. The Bertz CT molecular complexity index is 948. The van der Waals surface area contributed by atoms with Crippen LogP contribution in [0.5, 0.6) is 17.2 Å². The number of H-pyrrole nitrogens is 1. The Labute approximate surface area is 155 Å². The van der Waals surface area contributed by atoms with Gasteiger partial charge in [0.25, 0.3) is 5.56 Å². The van der Waals surface area contributed by atoms with Gasteiger partial charge in [-0.3, -0.25) is 9.59 Å². The lowest BCUT2D eigenvalue weighted by Gasteiger charge is -2.25. The lowest BCUT2D eigenvalue weighted by molar-refractivity contribution is -0.135. The number of aromatic nitrogens is 1. The van der Waals surface area contributed by atoms with Gasteiger partial charge < -0.3 is 23.9 Å². The highest BCUT2D eigenvalue weighted by Gasteiger charge is 2.35. The van der Waals surface area contributed by atoms with Crippen molar-refractivity contribution in [2.24, 2.45) is 0 Å². The molecular formula is C19H19NO7. The summed E-state index contributed by atoms with van der Waals surface area (Å²) >= 11 is 0. The van der Waals surface area contributed by atoms with E-state index in [0.717, 1.165) is 0 Å². The second-order valence-electron chi connectivity index (χ2n) is 5.84. The molecule has 0 unspecified atom stereocenters. The van der Waals surface area contributed by atoms with Crippen LogP contribution in [0.25, 0.3) is 0 Å². The number of nitrogens with one attached hydrogen (secondary N) is 1. The van der Waals surface area contributed by atoms with Gasteiger partial charge in [-0.1, -0.05) is 6.07 Å². The summed E-state index contributed by atoms with van der Waals surface area (Å²) in [4.78, 5) is 39.4. The first kappa shape index (κ1) is 18.5. The largest absolute Gasteiger partial charge is 0.493 e. The fourth-order valence-electron chi connectivity index (χ4n) is 3.09. The minimum absolute atomic E-state index is 0.00461. The van der Waals surface area contributed by atoms with Gasteiger partial charge >= 0.3 is 11.9 Å². The third kappa shape index (κ3) is 3.38. The normalized spacial score (nSPS) is 15.5. The summed E-state index contributed by atoms with van der Waals surface area (Å²) in [5, 5.41) is 0. The lowest BCUT2D eigenvalue weighted by Crippen LogP contribution is -2.30. The summed E-state index contributed by atoms with van der Waals surface area (Å²) in [5.74, 6) is -0.890. The van der Waals surface area contributed by atoms with E-state index in [0.29, 0.717) is 17.1 Å². The van der Waals surface area contributed by atoms with Crippen molar-refractivity contribution in [2.45, 2.75) is 19.3 Å². The molecule has 8 heteroatoms. The van der Waals surface area contributed by atoms with Gasteiger partial charge in [0.15, 0.2) is 17.2 Å². The number of hydrogen-bond acceptors (Lipinski definition) is 7. The van der Waals surface area contributed by atoms with E-state index in [-0.39, 0.29) is 29.9 Å². The van der Waals surface area contributed by atoms with E-state index in [1.807, 2.05) is 0 Å². The zero-order chi connectivity index (χ0) is 19.6. The molecule has 0 fully saturated rings. The van der Waals surface area contributed by atoms with Crippen molar-refractivity contribution in [2.75, 3.05) is 20.8 Å². The molecule has 0 radical (unpaired) electrons. The van der Waals surface area contributed by atoms with E-state index in [1.54, 1.807) is 25.1 Å². The maximum Gasteiger partial charge on any atom is 0.343 e. The summed E-state index contributed by atoms with van der Waals surface area (Å²) in [6.45, 7) is 1.81. The van der Waals surface area contributed by atoms with E-state index < -0.39 is 23.4 Å². The second-order valence-corrected chi connectivity index (χ2v) is 5.84. The van der Waals surface area contributed by atoms with Crippen LogP contribution in [0.3, 0.4) is 0 Å². The quantitative estimate of drug-likeness (QED) is 0.800. The molecule has 27 heavy (non-hydrogen) atoms. The van der Waals surface area contributed by atoms with Gasteiger partial charge in [0.2, 0.25) is 0 Å². The van der Waals surface area contributed by atoms with Crippen molar-refractivity contribution in [1.82, 2.24) is 4.98 Å². The first-order valence-electron chi connectivity index (χ1n) is 8.35. The highest BCUT2D eigenvalue weighted by atomic mass is 16.5. The Morgan fingerprint density at radius 2 is 1.96 bits per heavy atom. The van der Waals surface area contributed by atoms with Crippen LogP contribution in [0.1, 0.15) is 40.7 Å².